The molecule has 30 heavy (non-hydrogen) atoms. The number of carbonyl (C=O) groups is 3. The average Bonchev–Trinajstić information content (AvgIpc) is 3.03. The van der Waals surface area contributed by atoms with Gasteiger partial charge in [0.05, 0.1) is 18.2 Å². The molecule has 0 unspecified atom stereocenters. The van der Waals surface area contributed by atoms with Crippen LogP contribution in [0.25, 0.3) is 0 Å². The second-order valence-electron chi connectivity index (χ2n) is 6.95. The van der Waals surface area contributed by atoms with E-state index in [1.165, 1.54) is 7.11 Å². The maximum atomic E-state index is 13.2. The summed E-state index contributed by atoms with van der Waals surface area (Å²) in [6.07, 6.45) is 0.210. The lowest BCUT2D eigenvalue weighted by atomic mass is 10.0. The number of ether oxygens (including phenoxy) is 1. The van der Waals surface area contributed by atoms with Gasteiger partial charge in [0.2, 0.25) is 5.91 Å². The number of carbonyl (C=O) groups excluding carboxylic acids is 3. The number of methoxy groups -OCH3 is 1. The number of hydrogen-bond donors (Lipinski definition) is 1. The predicted molar refractivity (Wildman–Crippen MR) is 112 cm³/mol. The van der Waals surface area contributed by atoms with Crippen LogP contribution in [-0.4, -0.2) is 35.8 Å². The van der Waals surface area contributed by atoms with Gasteiger partial charge in [-0.25, -0.2) is 0 Å². The van der Waals surface area contributed by atoms with E-state index in [-0.39, 0.29) is 6.42 Å². The Bertz CT molecular complexity index is 1080. The Kier molecular flexibility index (Phi) is 5.30. The third kappa shape index (κ3) is 3.67. The molecular weight excluding hydrogens is 380 g/mol. The van der Waals surface area contributed by atoms with E-state index in [0.29, 0.717) is 22.6 Å². The second kappa shape index (κ2) is 8.21. The number of hydrogen-bond acceptors (Lipinski definition) is 4. The number of imide groups is 1. The van der Waals surface area contributed by atoms with E-state index in [9.17, 15) is 14.4 Å². The molecule has 1 aliphatic rings. The van der Waals surface area contributed by atoms with E-state index in [2.05, 4.69) is 5.32 Å². The first kappa shape index (κ1) is 19.4. The van der Waals surface area contributed by atoms with Crippen molar-refractivity contribution in [2.75, 3.05) is 12.4 Å². The monoisotopic (exact) mass is 400 g/mol. The predicted octanol–water partition coefficient (Wildman–Crippen LogP) is 3.54. The molecule has 1 atom stereocenters. The second-order valence-corrected chi connectivity index (χ2v) is 6.95. The number of nitrogens with zero attached hydrogens (tertiary/aromatic N) is 1. The maximum Gasteiger partial charge on any atom is 0.262 e. The van der Waals surface area contributed by atoms with Gasteiger partial charge in [0, 0.05) is 18.2 Å². The summed E-state index contributed by atoms with van der Waals surface area (Å²) in [6.45, 7) is 0. The molecule has 0 aromatic heterocycles. The maximum absolute atomic E-state index is 13.2. The minimum Gasteiger partial charge on any atom is -0.497 e. The van der Waals surface area contributed by atoms with Gasteiger partial charge in [-0.1, -0.05) is 48.5 Å². The molecule has 1 heterocycles. The quantitative estimate of drug-likeness (QED) is 0.642. The number of fused-ring (bicyclic) bond motifs is 1. The van der Waals surface area contributed by atoms with Crippen molar-refractivity contribution < 1.29 is 19.1 Å². The Hall–Kier alpha value is -3.93. The van der Waals surface area contributed by atoms with Crippen LogP contribution in [0.3, 0.4) is 0 Å². The molecule has 4 rings (SSSR count). The summed E-state index contributed by atoms with van der Waals surface area (Å²) < 4.78 is 5.20. The average molecular weight is 400 g/mol. The third-order valence-corrected chi connectivity index (χ3v) is 5.05. The normalized spacial score (nSPS) is 13.7. The van der Waals surface area contributed by atoms with E-state index in [0.717, 1.165) is 10.5 Å². The molecule has 3 aromatic carbocycles. The zero-order valence-electron chi connectivity index (χ0n) is 16.4. The van der Waals surface area contributed by atoms with Crippen LogP contribution in [0, 0.1) is 0 Å². The van der Waals surface area contributed by atoms with Crippen LogP contribution in [0.2, 0.25) is 0 Å². The number of anilines is 1. The summed E-state index contributed by atoms with van der Waals surface area (Å²) in [5.74, 6) is -0.774. The number of rotatable bonds is 6. The highest BCUT2D eigenvalue weighted by Crippen LogP contribution is 2.27. The van der Waals surface area contributed by atoms with Crippen LogP contribution in [-0.2, 0) is 11.2 Å². The van der Waals surface area contributed by atoms with Crippen LogP contribution in [0.15, 0.2) is 78.9 Å². The largest absolute Gasteiger partial charge is 0.497 e. The lowest BCUT2D eigenvalue weighted by molar-refractivity contribution is -0.119. The van der Waals surface area contributed by atoms with Gasteiger partial charge >= 0.3 is 0 Å². The Morgan fingerprint density at radius 3 is 2.17 bits per heavy atom. The molecule has 3 aromatic rings. The fraction of sp³-hybridized carbons (Fsp3) is 0.125. The van der Waals surface area contributed by atoms with Crippen molar-refractivity contribution in [2.45, 2.75) is 12.5 Å². The number of benzene rings is 3. The molecule has 1 aliphatic heterocycles. The van der Waals surface area contributed by atoms with Crippen LogP contribution in [0.5, 0.6) is 5.75 Å². The van der Waals surface area contributed by atoms with Crippen molar-refractivity contribution in [3.63, 3.8) is 0 Å². The first-order valence-electron chi connectivity index (χ1n) is 9.54. The molecule has 0 spiro atoms. The molecule has 0 radical (unpaired) electrons. The van der Waals surface area contributed by atoms with E-state index >= 15 is 0 Å². The Balaban J connectivity index is 1.67. The lowest BCUT2D eigenvalue weighted by Crippen LogP contribution is -2.48. The molecule has 3 amide bonds. The Morgan fingerprint density at radius 2 is 1.53 bits per heavy atom. The smallest absolute Gasteiger partial charge is 0.262 e. The summed E-state index contributed by atoms with van der Waals surface area (Å²) in [4.78, 5) is 40.3. The van der Waals surface area contributed by atoms with Crippen molar-refractivity contribution >= 4 is 23.4 Å². The van der Waals surface area contributed by atoms with Gasteiger partial charge < -0.3 is 10.1 Å². The van der Waals surface area contributed by atoms with E-state index in [1.807, 2.05) is 30.3 Å². The highest BCUT2D eigenvalue weighted by molar-refractivity contribution is 6.23. The molecule has 6 nitrogen and oxygen atoms in total. The first-order chi connectivity index (χ1) is 14.6. The first-order valence-corrected chi connectivity index (χ1v) is 9.54. The van der Waals surface area contributed by atoms with Crippen molar-refractivity contribution in [2.24, 2.45) is 0 Å². The molecule has 0 aliphatic carbocycles. The van der Waals surface area contributed by atoms with Crippen LogP contribution in [0.4, 0.5) is 5.69 Å². The van der Waals surface area contributed by atoms with E-state index in [1.54, 1.807) is 48.5 Å². The van der Waals surface area contributed by atoms with Crippen molar-refractivity contribution in [1.82, 2.24) is 4.90 Å². The molecule has 1 N–H and O–H groups in total. The molecule has 0 saturated carbocycles. The molecule has 0 bridgehead atoms. The van der Waals surface area contributed by atoms with Gasteiger partial charge in [0.25, 0.3) is 11.8 Å². The summed E-state index contributed by atoms with van der Waals surface area (Å²) in [7, 11) is 1.54. The van der Waals surface area contributed by atoms with Gasteiger partial charge in [-0.2, -0.15) is 0 Å². The molecule has 0 saturated heterocycles. The van der Waals surface area contributed by atoms with Crippen molar-refractivity contribution in [3.8, 4) is 5.75 Å². The van der Waals surface area contributed by atoms with Gasteiger partial charge in [0.15, 0.2) is 0 Å². The molecule has 150 valence electrons. The van der Waals surface area contributed by atoms with Crippen LogP contribution in [0.1, 0.15) is 26.3 Å². The molecule has 0 fully saturated rings. The molecule has 6 heteroatoms. The zero-order chi connectivity index (χ0) is 21.1. The SMILES string of the molecule is COc1cccc(NC(=O)[C@H](Cc2ccccc2)N2C(=O)c3ccccc3C2=O)c1. The van der Waals surface area contributed by atoms with Gasteiger partial charge in [-0.15, -0.1) is 0 Å². The minimum absolute atomic E-state index is 0.210. The van der Waals surface area contributed by atoms with Crippen LogP contribution < -0.4 is 10.1 Å². The van der Waals surface area contributed by atoms with E-state index < -0.39 is 23.8 Å². The minimum atomic E-state index is -0.994. The lowest BCUT2D eigenvalue weighted by Gasteiger charge is -2.25. The third-order valence-electron chi connectivity index (χ3n) is 5.05. The highest BCUT2D eigenvalue weighted by atomic mass is 16.5. The van der Waals surface area contributed by atoms with Crippen molar-refractivity contribution in [1.29, 1.82) is 0 Å². The van der Waals surface area contributed by atoms with Gasteiger partial charge in [-0.3, -0.25) is 19.3 Å². The van der Waals surface area contributed by atoms with Gasteiger partial charge in [0.1, 0.15) is 11.8 Å². The standard InChI is InChI=1S/C24H20N2O4/c1-30-18-11-7-10-17(15-18)25-22(27)21(14-16-8-3-2-4-9-16)26-23(28)19-12-5-6-13-20(19)24(26)29/h2-13,15,21H,14H2,1H3,(H,25,27)/t21-/m0/s1. The highest BCUT2D eigenvalue weighted by Gasteiger charge is 2.42. The van der Waals surface area contributed by atoms with E-state index in [4.69, 9.17) is 4.74 Å². The summed E-state index contributed by atoms with van der Waals surface area (Å²) >= 11 is 0. The van der Waals surface area contributed by atoms with Crippen molar-refractivity contribution in [3.05, 3.63) is 95.6 Å². The summed E-state index contributed by atoms with van der Waals surface area (Å²) in [5.41, 5.74) is 2.00. The molecular formula is C24H20N2O4. The number of amides is 3. The Morgan fingerprint density at radius 1 is 0.900 bits per heavy atom. The zero-order valence-corrected chi connectivity index (χ0v) is 16.4. The Labute approximate surface area is 174 Å². The fourth-order valence-corrected chi connectivity index (χ4v) is 3.56. The fourth-order valence-electron chi connectivity index (χ4n) is 3.56. The summed E-state index contributed by atoms with van der Waals surface area (Å²) in [6, 6.07) is 21.9. The topological polar surface area (TPSA) is 75.7 Å². The van der Waals surface area contributed by atoms with Crippen LogP contribution >= 0.6 is 0 Å². The summed E-state index contributed by atoms with van der Waals surface area (Å²) in [5, 5.41) is 2.82. The number of nitrogens with one attached hydrogen (secondary N) is 1. The van der Waals surface area contributed by atoms with Gasteiger partial charge in [-0.05, 0) is 29.8 Å².